The standard InChI is InChI=1S/C21H34N6OS.HI/c1-4-22-21(23-15-20(26(5-2)6-3)18-8-14-29-17-18)27-11-9-25(10-12-27)16-19-7-13-28-24-19;/h7-8,13-14,17,20H,4-6,9-12,15-16H2,1-3H3,(H,22,23);1H. The quantitative estimate of drug-likeness (QED) is 0.295. The average Bonchev–Trinajstić information content (AvgIpc) is 3.45. The Balaban J connectivity index is 0.00000320. The largest absolute Gasteiger partial charge is 0.364 e. The summed E-state index contributed by atoms with van der Waals surface area (Å²) >= 11 is 1.76. The van der Waals surface area contributed by atoms with Gasteiger partial charge in [-0.3, -0.25) is 14.8 Å². The van der Waals surface area contributed by atoms with Crippen molar-refractivity contribution >= 4 is 41.3 Å². The first-order chi connectivity index (χ1) is 14.2. The van der Waals surface area contributed by atoms with E-state index in [1.54, 1.807) is 17.6 Å². The first kappa shape index (κ1) is 25.1. The minimum absolute atomic E-state index is 0. The summed E-state index contributed by atoms with van der Waals surface area (Å²) in [6.45, 7) is 15.1. The number of likely N-dealkylation sites (N-methyl/N-ethyl adjacent to an activating group) is 1. The second-order valence-corrected chi connectivity index (χ2v) is 8.02. The Bertz CT molecular complexity index is 712. The maximum Gasteiger partial charge on any atom is 0.194 e. The van der Waals surface area contributed by atoms with Crippen molar-refractivity contribution < 1.29 is 4.52 Å². The second kappa shape index (κ2) is 13.3. The summed E-state index contributed by atoms with van der Waals surface area (Å²) in [5.74, 6) is 1.03. The van der Waals surface area contributed by atoms with Crippen LogP contribution in [-0.2, 0) is 6.54 Å². The zero-order valence-electron chi connectivity index (χ0n) is 18.3. The number of halogens is 1. The number of nitrogens with zero attached hydrogens (tertiary/aromatic N) is 5. The maximum atomic E-state index is 5.06. The van der Waals surface area contributed by atoms with Crippen molar-refractivity contribution in [2.45, 2.75) is 33.4 Å². The summed E-state index contributed by atoms with van der Waals surface area (Å²) in [4.78, 5) is 12.4. The molecule has 1 aliphatic heterocycles. The zero-order chi connectivity index (χ0) is 20.5. The molecule has 0 saturated carbocycles. The summed E-state index contributed by atoms with van der Waals surface area (Å²) in [6, 6.07) is 4.51. The number of aromatic nitrogens is 1. The van der Waals surface area contributed by atoms with Crippen molar-refractivity contribution in [3.05, 3.63) is 40.4 Å². The maximum absolute atomic E-state index is 5.06. The molecule has 1 aliphatic rings. The van der Waals surface area contributed by atoms with Gasteiger partial charge in [0.05, 0.1) is 18.3 Å². The fourth-order valence-corrected chi connectivity index (χ4v) is 4.53. The van der Waals surface area contributed by atoms with Crippen molar-refractivity contribution in [2.24, 2.45) is 4.99 Å². The van der Waals surface area contributed by atoms with Gasteiger partial charge in [0.2, 0.25) is 0 Å². The van der Waals surface area contributed by atoms with Crippen LogP contribution in [0.5, 0.6) is 0 Å². The third-order valence-corrected chi connectivity index (χ3v) is 6.18. The van der Waals surface area contributed by atoms with Crippen LogP contribution < -0.4 is 5.32 Å². The minimum Gasteiger partial charge on any atom is -0.364 e. The molecule has 0 aliphatic carbocycles. The Morgan fingerprint density at radius 3 is 2.57 bits per heavy atom. The molecule has 0 spiro atoms. The van der Waals surface area contributed by atoms with Gasteiger partial charge in [-0.05, 0) is 42.4 Å². The highest BCUT2D eigenvalue weighted by atomic mass is 127. The number of thiophene rings is 1. The van der Waals surface area contributed by atoms with Gasteiger partial charge in [0.1, 0.15) is 6.26 Å². The zero-order valence-corrected chi connectivity index (χ0v) is 21.4. The summed E-state index contributed by atoms with van der Waals surface area (Å²) in [5, 5.41) is 12.0. The van der Waals surface area contributed by atoms with E-state index in [0.717, 1.165) is 70.6 Å². The van der Waals surface area contributed by atoms with Gasteiger partial charge in [0, 0.05) is 45.3 Å². The lowest BCUT2D eigenvalue weighted by Gasteiger charge is -2.36. The van der Waals surface area contributed by atoms with Gasteiger partial charge in [0.15, 0.2) is 5.96 Å². The molecule has 0 aromatic carbocycles. The molecule has 0 amide bonds. The Labute approximate surface area is 201 Å². The van der Waals surface area contributed by atoms with Gasteiger partial charge >= 0.3 is 0 Å². The monoisotopic (exact) mass is 546 g/mol. The van der Waals surface area contributed by atoms with Crippen LogP contribution in [0.15, 0.2) is 38.7 Å². The van der Waals surface area contributed by atoms with Crippen LogP contribution in [0.4, 0.5) is 0 Å². The Morgan fingerprint density at radius 1 is 1.23 bits per heavy atom. The van der Waals surface area contributed by atoms with Gasteiger partial charge in [-0.25, -0.2) is 0 Å². The van der Waals surface area contributed by atoms with Crippen LogP contribution in [-0.4, -0.2) is 78.2 Å². The number of nitrogens with one attached hydrogen (secondary N) is 1. The van der Waals surface area contributed by atoms with Crippen LogP contribution in [0.3, 0.4) is 0 Å². The van der Waals surface area contributed by atoms with Crippen molar-refractivity contribution in [1.29, 1.82) is 0 Å². The molecular weight excluding hydrogens is 511 g/mol. The number of hydrogen-bond donors (Lipinski definition) is 1. The third-order valence-electron chi connectivity index (χ3n) is 5.48. The molecule has 1 atom stereocenters. The van der Waals surface area contributed by atoms with E-state index in [1.165, 1.54) is 5.56 Å². The summed E-state index contributed by atoms with van der Waals surface area (Å²) in [6.07, 6.45) is 1.64. The van der Waals surface area contributed by atoms with Crippen LogP contribution in [0, 0.1) is 0 Å². The number of piperazine rings is 1. The van der Waals surface area contributed by atoms with Gasteiger partial charge in [-0.1, -0.05) is 19.0 Å². The molecular formula is C21H35IN6OS. The van der Waals surface area contributed by atoms with E-state index < -0.39 is 0 Å². The number of aliphatic imine (C=N–C) groups is 1. The first-order valence-electron chi connectivity index (χ1n) is 10.7. The van der Waals surface area contributed by atoms with E-state index >= 15 is 0 Å². The molecule has 3 heterocycles. The average molecular weight is 547 g/mol. The van der Waals surface area contributed by atoms with E-state index in [9.17, 15) is 0 Å². The third kappa shape index (κ3) is 6.93. The fraction of sp³-hybridized carbons (Fsp3) is 0.619. The first-order valence-corrected chi connectivity index (χ1v) is 11.6. The molecule has 3 rings (SSSR count). The van der Waals surface area contributed by atoms with Crippen molar-refractivity contribution in [2.75, 3.05) is 52.4 Å². The molecule has 2 aromatic heterocycles. The number of rotatable bonds is 9. The van der Waals surface area contributed by atoms with Crippen molar-refractivity contribution in [3.63, 3.8) is 0 Å². The van der Waals surface area contributed by atoms with Crippen molar-refractivity contribution in [3.8, 4) is 0 Å². The van der Waals surface area contributed by atoms with Gasteiger partial charge < -0.3 is 14.7 Å². The molecule has 1 saturated heterocycles. The van der Waals surface area contributed by atoms with Gasteiger partial charge in [-0.15, -0.1) is 24.0 Å². The second-order valence-electron chi connectivity index (χ2n) is 7.24. The Kier molecular flexibility index (Phi) is 11.1. The van der Waals surface area contributed by atoms with E-state index in [4.69, 9.17) is 9.52 Å². The van der Waals surface area contributed by atoms with Gasteiger partial charge in [-0.2, -0.15) is 11.3 Å². The predicted molar refractivity (Wildman–Crippen MR) is 135 cm³/mol. The summed E-state index contributed by atoms with van der Waals surface area (Å²) in [5.41, 5.74) is 2.37. The molecule has 0 radical (unpaired) electrons. The highest BCUT2D eigenvalue weighted by Gasteiger charge is 2.22. The minimum atomic E-state index is 0. The lowest BCUT2D eigenvalue weighted by atomic mass is 10.1. The normalized spacial score (nSPS) is 16.5. The molecule has 168 valence electrons. The van der Waals surface area contributed by atoms with E-state index in [2.05, 4.69) is 62.8 Å². The molecule has 2 aromatic rings. The smallest absolute Gasteiger partial charge is 0.194 e. The van der Waals surface area contributed by atoms with Gasteiger partial charge in [0.25, 0.3) is 0 Å². The SMILES string of the molecule is CCNC(=NCC(c1ccsc1)N(CC)CC)N1CCN(Cc2ccon2)CC1.I. The lowest BCUT2D eigenvalue weighted by Crippen LogP contribution is -2.52. The van der Waals surface area contributed by atoms with Crippen molar-refractivity contribution in [1.82, 2.24) is 25.2 Å². The Hall–Kier alpha value is -1.17. The summed E-state index contributed by atoms with van der Waals surface area (Å²) < 4.78 is 4.95. The van der Waals surface area contributed by atoms with E-state index in [1.807, 2.05) is 6.07 Å². The molecule has 7 nitrogen and oxygen atoms in total. The molecule has 1 unspecified atom stereocenters. The number of hydrogen-bond acceptors (Lipinski definition) is 6. The van der Waals surface area contributed by atoms with Crippen LogP contribution in [0.1, 0.15) is 38.1 Å². The fourth-order valence-electron chi connectivity index (χ4n) is 3.83. The highest BCUT2D eigenvalue weighted by Crippen LogP contribution is 2.23. The molecule has 30 heavy (non-hydrogen) atoms. The van der Waals surface area contributed by atoms with E-state index in [0.29, 0.717) is 6.04 Å². The molecule has 1 fully saturated rings. The molecule has 0 bridgehead atoms. The highest BCUT2D eigenvalue weighted by molar-refractivity contribution is 14.0. The topological polar surface area (TPSA) is 60.1 Å². The lowest BCUT2D eigenvalue weighted by molar-refractivity contribution is 0.168. The van der Waals surface area contributed by atoms with E-state index in [-0.39, 0.29) is 24.0 Å². The van der Waals surface area contributed by atoms with Crippen LogP contribution in [0.2, 0.25) is 0 Å². The number of guanidine groups is 1. The Morgan fingerprint density at radius 2 is 2.00 bits per heavy atom. The molecule has 1 N–H and O–H groups in total. The van der Waals surface area contributed by atoms with Crippen LogP contribution in [0.25, 0.3) is 0 Å². The predicted octanol–water partition coefficient (Wildman–Crippen LogP) is 3.52. The molecule has 9 heteroatoms. The van der Waals surface area contributed by atoms with Crippen LogP contribution >= 0.6 is 35.3 Å². The summed E-state index contributed by atoms with van der Waals surface area (Å²) in [7, 11) is 0.